The highest BCUT2D eigenvalue weighted by Crippen LogP contribution is 2.37. The molecule has 102 valence electrons. The van der Waals surface area contributed by atoms with Gasteiger partial charge in [0.2, 0.25) is 0 Å². The molecule has 1 aliphatic carbocycles. The first-order valence-corrected chi connectivity index (χ1v) is 7.42. The van der Waals surface area contributed by atoms with Crippen LogP contribution in [-0.2, 0) is 13.5 Å². The fraction of sp³-hybridized carbons (Fsp3) is 0.800. The van der Waals surface area contributed by atoms with E-state index in [1.807, 2.05) is 17.9 Å². The third-order valence-corrected chi connectivity index (χ3v) is 4.55. The van der Waals surface area contributed by atoms with E-state index in [1.165, 1.54) is 56.9 Å². The summed E-state index contributed by atoms with van der Waals surface area (Å²) in [6.07, 6.45) is 16.1. The van der Waals surface area contributed by atoms with Gasteiger partial charge < -0.3 is 5.73 Å². The molecular weight excluding hydrogens is 222 g/mol. The Morgan fingerprint density at radius 2 is 1.89 bits per heavy atom. The molecule has 3 heteroatoms. The van der Waals surface area contributed by atoms with Gasteiger partial charge in [0.25, 0.3) is 0 Å². The van der Waals surface area contributed by atoms with Gasteiger partial charge >= 0.3 is 0 Å². The van der Waals surface area contributed by atoms with Crippen LogP contribution in [0.1, 0.15) is 56.9 Å². The predicted molar refractivity (Wildman–Crippen MR) is 75.3 cm³/mol. The van der Waals surface area contributed by atoms with E-state index >= 15 is 0 Å². The smallest absolute Gasteiger partial charge is 0.0521 e. The summed E-state index contributed by atoms with van der Waals surface area (Å²) in [6, 6.07) is 0. The van der Waals surface area contributed by atoms with Gasteiger partial charge in [-0.25, -0.2) is 0 Å². The van der Waals surface area contributed by atoms with E-state index < -0.39 is 0 Å². The maximum absolute atomic E-state index is 6.11. The highest BCUT2D eigenvalue weighted by molar-refractivity contribution is 5.04. The Morgan fingerprint density at radius 3 is 2.44 bits per heavy atom. The van der Waals surface area contributed by atoms with Gasteiger partial charge in [0, 0.05) is 13.2 Å². The maximum Gasteiger partial charge on any atom is 0.0521 e. The van der Waals surface area contributed by atoms with Crippen LogP contribution >= 0.6 is 0 Å². The lowest BCUT2D eigenvalue weighted by molar-refractivity contribution is 0.201. The van der Waals surface area contributed by atoms with Crippen molar-refractivity contribution in [2.75, 3.05) is 6.54 Å². The van der Waals surface area contributed by atoms with E-state index in [-0.39, 0.29) is 0 Å². The van der Waals surface area contributed by atoms with Gasteiger partial charge in [0.05, 0.1) is 6.20 Å². The molecule has 1 aromatic rings. The summed E-state index contributed by atoms with van der Waals surface area (Å²) < 4.78 is 1.89. The number of nitrogens with two attached hydrogens (primary N) is 1. The van der Waals surface area contributed by atoms with Crippen molar-refractivity contribution >= 4 is 0 Å². The topological polar surface area (TPSA) is 43.8 Å². The van der Waals surface area contributed by atoms with Crippen molar-refractivity contribution in [1.82, 2.24) is 9.78 Å². The molecule has 3 nitrogen and oxygen atoms in total. The summed E-state index contributed by atoms with van der Waals surface area (Å²) >= 11 is 0. The second-order valence-corrected chi connectivity index (χ2v) is 5.99. The quantitative estimate of drug-likeness (QED) is 0.891. The van der Waals surface area contributed by atoms with E-state index in [0.29, 0.717) is 5.41 Å². The van der Waals surface area contributed by atoms with Gasteiger partial charge in [-0.05, 0) is 43.2 Å². The summed E-state index contributed by atoms with van der Waals surface area (Å²) in [4.78, 5) is 0. The van der Waals surface area contributed by atoms with Gasteiger partial charge in [-0.1, -0.05) is 32.1 Å². The summed E-state index contributed by atoms with van der Waals surface area (Å²) in [5, 5.41) is 4.25. The first-order chi connectivity index (χ1) is 8.74. The van der Waals surface area contributed by atoms with Crippen molar-refractivity contribution in [2.45, 2.75) is 57.8 Å². The van der Waals surface area contributed by atoms with Crippen molar-refractivity contribution in [3.63, 3.8) is 0 Å². The molecule has 0 saturated heterocycles. The second kappa shape index (κ2) is 6.37. The van der Waals surface area contributed by atoms with Crippen LogP contribution in [-0.4, -0.2) is 16.3 Å². The van der Waals surface area contributed by atoms with Gasteiger partial charge in [-0.15, -0.1) is 0 Å². The van der Waals surface area contributed by atoms with E-state index in [9.17, 15) is 0 Å². The van der Waals surface area contributed by atoms with E-state index in [4.69, 9.17) is 5.73 Å². The van der Waals surface area contributed by atoms with Crippen molar-refractivity contribution in [1.29, 1.82) is 0 Å². The van der Waals surface area contributed by atoms with E-state index in [0.717, 1.165) is 13.0 Å². The SMILES string of the molecule is Cn1cc(CCC2(CN)CCCCCCC2)cn1. The molecule has 0 radical (unpaired) electrons. The second-order valence-electron chi connectivity index (χ2n) is 5.99. The van der Waals surface area contributed by atoms with Crippen LogP contribution < -0.4 is 5.73 Å². The van der Waals surface area contributed by atoms with E-state index in [2.05, 4.69) is 11.3 Å². The Morgan fingerprint density at radius 1 is 1.22 bits per heavy atom. The van der Waals surface area contributed by atoms with Crippen molar-refractivity contribution in [2.24, 2.45) is 18.2 Å². The molecule has 1 saturated carbocycles. The summed E-state index contributed by atoms with van der Waals surface area (Å²) in [5.74, 6) is 0. The Balaban J connectivity index is 1.93. The van der Waals surface area contributed by atoms with Crippen LogP contribution in [0.2, 0.25) is 0 Å². The molecule has 1 fully saturated rings. The summed E-state index contributed by atoms with van der Waals surface area (Å²) in [7, 11) is 1.98. The summed E-state index contributed by atoms with van der Waals surface area (Å²) in [6.45, 7) is 0.854. The Kier molecular flexibility index (Phi) is 4.81. The molecule has 2 N–H and O–H groups in total. The van der Waals surface area contributed by atoms with Crippen molar-refractivity contribution in [3.8, 4) is 0 Å². The molecule has 0 bridgehead atoms. The van der Waals surface area contributed by atoms with Crippen LogP contribution in [0.3, 0.4) is 0 Å². The lowest BCUT2D eigenvalue weighted by Gasteiger charge is -2.34. The van der Waals surface area contributed by atoms with Gasteiger partial charge in [-0.2, -0.15) is 5.10 Å². The van der Waals surface area contributed by atoms with Crippen molar-refractivity contribution in [3.05, 3.63) is 18.0 Å². The lowest BCUT2D eigenvalue weighted by Crippen LogP contribution is -2.32. The zero-order valence-electron chi connectivity index (χ0n) is 11.7. The minimum Gasteiger partial charge on any atom is -0.330 e. The highest BCUT2D eigenvalue weighted by atomic mass is 15.2. The van der Waals surface area contributed by atoms with Crippen LogP contribution in [0.15, 0.2) is 12.4 Å². The number of rotatable bonds is 4. The zero-order chi connectivity index (χ0) is 12.8. The molecule has 0 atom stereocenters. The van der Waals surface area contributed by atoms with Gasteiger partial charge in [0.1, 0.15) is 0 Å². The highest BCUT2D eigenvalue weighted by Gasteiger charge is 2.28. The molecule has 0 amide bonds. The average molecular weight is 249 g/mol. The molecule has 0 unspecified atom stereocenters. The molecule has 1 heterocycles. The largest absolute Gasteiger partial charge is 0.330 e. The maximum atomic E-state index is 6.11. The number of aryl methyl sites for hydroxylation is 2. The Bertz CT molecular complexity index is 348. The molecule has 18 heavy (non-hydrogen) atoms. The first-order valence-electron chi connectivity index (χ1n) is 7.42. The number of nitrogens with zero attached hydrogens (tertiary/aromatic N) is 2. The van der Waals surface area contributed by atoms with Crippen LogP contribution in [0.25, 0.3) is 0 Å². The van der Waals surface area contributed by atoms with Crippen LogP contribution in [0.4, 0.5) is 0 Å². The number of hydrogen-bond donors (Lipinski definition) is 1. The Labute approximate surface area is 111 Å². The standard InChI is InChI=1S/C15H27N3/c1-18-12-14(11-17-18)7-10-15(13-16)8-5-3-2-4-6-9-15/h11-12H,2-10,13,16H2,1H3. The third kappa shape index (κ3) is 3.58. The summed E-state index contributed by atoms with van der Waals surface area (Å²) in [5.41, 5.74) is 7.86. The minimum absolute atomic E-state index is 0.399. The normalized spacial score (nSPS) is 20.3. The monoisotopic (exact) mass is 249 g/mol. The number of hydrogen-bond acceptors (Lipinski definition) is 2. The van der Waals surface area contributed by atoms with Crippen LogP contribution in [0.5, 0.6) is 0 Å². The Hall–Kier alpha value is -0.830. The predicted octanol–water partition coefficient (Wildman–Crippen LogP) is 3.04. The lowest BCUT2D eigenvalue weighted by atomic mass is 9.73. The fourth-order valence-electron chi connectivity index (χ4n) is 3.22. The number of aromatic nitrogens is 2. The van der Waals surface area contributed by atoms with Crippen LogP contribution in [0, 0.1) is 5.41 Å². The molecule has 0 aliphatic heterocycles. The molecule has 1 aromatic heterocycles. The minimum atomic E-state index is 0.399. The average Bonchev–Trinajstić information content (AvgIpc) is 2.75. The zero-order valence-corrected chi connectivity index (χ0v) is 11.7. The first kappa shape index (κ1) is 13.6. The van der Waals surface area contributed by atoms with Gasteiger partial charge in [0.15, 0.2) is 0 Å². The van der Waals surface area contributed by atoms with Gasteiger partial charge in [-0.3, -0.25) is 4.68 Å². The molecule has 0 spiro atoms. The van der Waals surface area contributed by atoms with E-state index in [1.54, 1.807) is 0 Å². The molecule has 0 aromatic carbocycles. The molecule has 1 aliphatic rings. The fourth-order valence-corrected chi connectivity index (χ4v) is 3.22. The molecule has 2 rings (SSSR count). The van der Waals surface area contributed by atoms with Crippen molar-refractivity contribution < 1.29 is 0 Å². The molecular formula is C15H27N3. The third-order valence-electron chi connectivity index (χ3n) is 4.55.